The van der Waals surface area contributed by atoms with Crippen LogP contribution in [0.2, 0.25) is 0 Å². The van der Waals surface area contributed by atoms with Crippen LogP contribution in [0.15, 0.2) is 24.3 Å². The van der Waals surface area contributed by atoms with E-state index in [-0.39, 0.29) is 17.4 Å². The number of aromatic carboxylic acids is 1. The number of carbonyl (C=O) groups is 2. The number of aromatic nitrogens is 2. The fraction of sp³-hybridized carbons (Fsp3) is 0.389. The van der Waals surface area contributed by atoms with E-state index in [1.54, 1.807) is 23.1 Å². The minimum atomic E-state index is -1.00. The van der Waals surface area contributed by atoms with Crippen molar-refractivity contribution in [2.75, 3.05) is 6.54 Å². The molecule has 0 saturated heterocycles. The monoisotopic (exact) mass is 343 g/mol. The predicted molar refractivity (Wildman–Crippen MR) is 90.9 cm³/mol. The Balaban J connectivity index is 1.83. The highest BCUT2D eigenvalue weighted by atomic mass is 16.4. The van der Waals surface area contributed by atoms with E-state index >= 15 is 0 Å². The van der Waals surface area contributed by atoms with Gasteiger partial charge < -0.3 is 20.1 Å². The molecule has 3 rings (SSSR count). The average molecular weight is 343 g/mol. The molecule has 25 heavy (non-hydrogen) atoms. The van der Waals surface area contributed by atoms with E-state index < -0.39 is 12.1 Å². The summed E-state index contributed by atoms with van der Waals surface area (Å²) < 4.78 is 0. The molecule has 0 aliphatic carbocycles. The van der Waals surface area contributed by atoms with Gasteiger partial charge in [-0.2, -0.15) is 0 Å². The summed E-state index contributed by atoms with van der Waals surface area (Å²) in [7, 11) is 0. The van der Waals surface area contributed by atoms with Gasteiger partial charge in [0.25, 0.3) is 5.91 Å². The molecular formula is C18H21N3O4. The van der Waals surface area contributed by atoms with Crippen molar-refractivity contribution in [1.82, 2.24) is 14.9 Å². The predicted octanol–water partition coefficient (Wildman–Crippen LogP) is 1.68. The second kappa shape index (κ2) is 6.68. The summed E-state index contributed by atoms with van der Waals surface area (Å²) >= 11 is 0. The third-order valence-electron chi connectivity index (χ3n) is 4.41. The van der Waals surface area contributed by atoms with E-state index in [1.807, 2.05) is 13.8 Å². The Morgan fingerprint density at radius 2 is 2.08 bits per heavy atom. The number of imidazole rings is 1. The molecule has 132 valence electrons. The molecule has 0 fully saturated rings. The number of carbonyl (C=O) groups excluding carboxylic acids is 1. The number of nitrogens with zero attached hydrogens (tertiary/aromatic N) is 2. The van der Waals surface area contributed by atoms with E-state index in [9.17, 15) is 14.7 Å². The summed E-state index contributed by atoms with van der Waals surface area (Å²) in [6.45, 7) is 4.49. The molecule has 0 radical (unpaired) electrons. The fourth-order valence-electron chi connectivity index (χ4n) is 2.89. The molecule has 1 amide bonds. The minimum Gasteiger partial charge on any atom is -0.478 e. The molecular weight excluding hydrogens is 322 g/mol. The van der Waals surface area contributed by atoms with Crippen molar-refractivity contribution in [2.24, 2.45) is 5.92 Å². The maximum Gasteiger partial charge on any atom is 0.335 e. The number of aliphatic hydroxyl groups is 1. The topological polar surface area (TPSA) is 107 Å². The van der Waals surface area contributed by atoms with Gasteiger partial charge in [0, 0.05) is 18.5 Å². The Hall–Kier alpha value is -2.67. The number of amides is 1. The Kier molecular flexibility index (Phi) is 4.59. The van der Waals surface area contributed by atoms with Gasteiger partial charge in [0.2, 0.25) is 0 Å². The SMILES string of the molecule is CC(C)[C@@H](O)C(=O)N1CCc2nc(-c3cccc(C(=O)O)c3)[nH]c2C1. The summed E-state index contributed by atoms with van der Waals surface area (Å²) in [5.41, 5.74) is 2.59. The number of H-pyrrole nitrogens is 1. The zero-order chi connectivity index (χ0) is 18.1. The number of aliphatic hydroxyl groups excluding tert-OH is 1. The first-order valence-electron chi connectivity index (χ1n) is 8.25. The first-order valence-corrected chi connectivity index (χ1v) is 8.25. The Labute approximate surface area is 145 Å². The third kappa shape index (κ3) is 3.41. The van der Waals surface area contributed by atoms with E-state index in [4.69, 9.17) is 5.11 Å². The number of rotatable bonds is 4. The van der Waals surface area contributed by atoms with Crippen LogP contribution in [0.3, 0.4) is 0 Å². The van der Waals surface area contributed by atoms with Crippen LogP contribution in [0.1, 0.15) is 35.6 Å². The molecule has 3 N–H and O–H groups in total. The van der Waals surface area contributed by atoms with Gasteiger partial charge in [0.05, 0.1) is 23.5 Å². The lowest BCUT2D eigenvalue weighted by Gasteiger charge is -2.29. The minimum absolute atomic E-state index is 0.134. The highest BCUT2D eigenvalue weighted by molar-refractivity contribution is 5.89. The van der Waals surface area contributed by atoms with Gasteiger partial charge >= 0.3 is 5.97 Å². The lowest BCUT2D eigenvalue weighted by molar-refractivity contribution is -0.143. The molecule has 1 atom stereocenters. The fourth-order valence-corrected chi connectivity index (χ4v) is 2.89. The van der Waals surface area contributed by atoms with Crippen molar-refractivity contribution in [2.45, 2.75) is 32.9 Å². The van der Waals surface area contributed by atoms with Gasteiger partial charge in [-0.1, -0.05) is 26.0 Å². The molecule has 2 aromatic rings. The molecule has 1 aromatic carbocycles. The smallest absolute Gasteiger partial charge is 0.335 e. The maximum absolute atomic E-state index is 12.3. The number of aromatic amines is 1. The number of hydrogen-bond acceptors (Lipinski definition) is 4. The Bertz CT molecular complexity index is 812. The second-order valence-corrected chi connectivity index (χ2v) is 6.60. The van der Waals surface area contributed by atoms with Crippen molar-refractivity contribution in [3.8, 4) is 11.4 Å². The number of carboxylic acids is 1. The zero-order valence-electron chi connectivity index (χ0n) is 14.2. The van der Waals surface area contributed by atoms with Gasteiger partial charge in [-0.15, -0.1) is 0 Å². The molecule has 7 nitrogen and oxygen atoms in total. The molecule has 1 aliphatic heterocycles. The van der Waals surface area contributed by atoms with Gasteiger partial charge in [-0.05, 0) is 18.1 Å². The first-order chi connectivity index (χ1) is 11.9. The zero-order valence-corrected chi connectivity index (χ0v) is 14.2. The average Bonchev–Trinajstić information content (AvgIpc) is 3.03. The van der Waals surface area contributed by atoms with E-state index in [0.29, 0.717) is 30.9 Å². The van der Waals surface area contributed by atoms with Crippen molar-refractivity contribution in [1.29, 1.82) is 0 Å². The lowest BCUT2D eigenvalue weighted by Crippen LogP contribution is -2.44. The lowest BCUT2D eigenvalue weighted by atomic mass is 10.0. The van der Waals surface area contributed by atoms with Crippen LogP contribution in [0.4, 0.5) is 0 Å². The highest BCUT2D eigenvalue weighted by Crippen LogP contribution is 2.24. The number of nitrogens with one attached hydrogen (secondary N) is 1. The molecule has 1 aliphatic rings. The molecule has 0 saturated carbocycles. The Morgan fingerprint density at radius 3 is 2.76 bits per heavy atom. The van der Waals surface area contributed by atoms with Crippen LogP contribution in [0.5, 0.6) is 0 Å². The van der Waals surface area contributed by atoms with Crippen LogP contribution in [0, 0.1) is 5.92 Å². The molecule has 0 bridgehead atoms. The standard InChI is InChI=1S/C18H21N3O4/c1-10(2)15(22)17(23)21-7-6-13-14(9-21)20-16(19-13)11-4-3-5-12(8-11)18(24)25/h3-5,8,10,15,22H,6-7,9H2,1-2H3,(H,19,20)(H,24,25)/t15-/m1/s1. The molecule has 0 unspecified atom stereocenters. The summed E-state index contributed by atoms with van der Waals surface area (Å²) in [5, 5.41) is 19.1. The molecule has 2 heterocycles. The van der Waals surface area contributed by atoms with Crippen LogP contribution in [0.25, 0.3) is 11.4 Å². The molecule has 7 heteroatoms. The summed E-state index contributed by atoms with van der Waals surface area (Å²) in [6, 6.07) is 6.57. The molecule has 0 spiro atoms. The van der Waals surface area contributed by atoms with Gasteiger partial charge in [-0.3, -0.25) is 4.79 Å². The number of carboxylic acid groups (broad SMARTS) is 1. The quantitative estimate of drug-likeness (QED) is 0.783. The van der Waals surface area contributed by atoms with Gasteiger partial charge in [0.1, 0.15) is 11.9 Å². The van der Waals surface area contributed by atoms with Gasteiger partial charge in [0.15, 0.2) is 0 Å². The largest absolute Gasteiger partial charge is 0.478 e. The van der Waals surface area contributed by atoms with Crippen molar-refractivity contribution in [3.63, 3.8) is 0 Å². The summed E-state index contributed by atoms with van der Waals surface area (Å²) in [6.07, 6.45) is -0.405. The van der Waals surface area contributed by atoms with Crippen molar-refractivity contribution >= 4 is 11.9 Å². The number of benzene rings is 1. The van der Waals surface area contributed by atoms with E-state index in [0.717, 1.165) is 11.4 Å². The highest BCUT2D eigenvalue weighted by Gasteiger charge is 2.29. The maximum atomic E-state index is 12.3. The number of fused-ring (bicyclic) bond motifs is 1. The van der Waals surface area contributed by atoms with Crippen molar-refractivity contribution in [3.05, 3.63) is 41.2 Å². The molecule has 1 aromatic heterocycles. The van der Waals surface area contributed by atoms with Crippen LogP contribution >= 0.6 is 0 Å². The van der Waals surface area contributed by atoms with E-state index in [2.05, 4.69) is 9.97 Å². The van der Waals surface area contributed by atoms with Crippen molar-refractivity contribution < 1.29 is 19.8 Å². The van der Waals surface area contributed by atoms with Crippen LogP contribution < -0.4 is 0 Å². The summed E-state index contributed by atoms with van der Waals surface area (Å²) in [4.78, 5) is 32.8. The second-order valence-electron chi connectivity index (χ2n) is 6.60. The first kappa shape index (κ1) is 17.2. The van der Waals surface area contributed by atoms with Gasteiger partial charge in [-0.25, -0.2) is 9.78 Å². The van der Waals surface area contributed by atoms with Crippen LogP contribution in [-0.2, 0) is 17.8 Å². The number of hydrogen-bond donors (Lipinski definition) is 3. The third-order valence-corrected chi connectivity index (χ3v) is 4.41. The Morgan fingerprint density at radius 1 is 1.32 bits per heavy atom. The van der Waals surface area contributed by atoms with Crippen LogP contribution in [-0.4, -0.2) is 49.6 Å². The summed E-state index contributed by atoms with van der Waals surface area (Å²) in [5.74, 6) is -0.806. The normalized spacial score (nSPS) is 15.1. The van der Waals surface area contributed by atoms with E-state index in [1.165, 1.54) is 6.07 Å².